The van der Waals surface area contributed by atoms with E-state index in [-0.39, 0.29) is 11.7 Å². The molecule has 0 spiro atoms. The quantitative estimate of drug-likeness (QED) is 0.593. The first-order valence-corrected chi connectivity index (χ1v) is 7.92. The summed E-state index contributed by atoms with van der Waals surface area (Å²) < 4.78 is 1.41. The standard InChI is InChI=1S/C13H18N6O3S/c1-9(2)5-11-7-15-13(23-11)17-12(20)14-3-4-18-8-10(6-16-18)19(21)22/h6-9H,3-5H2,1-2H3,(H2,14,15,17,20). The molecule has 0 atom stereocenters. The van der Waals surface area contributed by atoms with E-state index in [0.29, 0.717) is 24.1 Å². The third-order valence-electron chi connectivity index (χ3n) is 2.84. The van der Waals surface area contributed by atoms with Crippen LogP contribution in [0.25, 0.3) is 0 Å². The normalized spacial score (nSPS) is 10.7. The molecular formula is C13H18N6O3S. The zero-order chi connectivity index (χ0) is 16.8. The molecule has 2 heterocycles. The van der Waals surface area contributed by atoms with Gasteiger partial charge >= 0.3 is 11.7 Å². The predicted molar refractivity (Wildman–Crippen MR) is 86.6 cm³/mol. The highest BCUT2D eigenvalue weighted by atomic mass is 32.1. The van der Waals surface area contributed by atoms with Crippen molar-refractivity contribution in [1.82, 2.24) is 20.1 Å². The number of rotatable bonds is 7. The number of nitrogens with one attached hydrogen (secondary N) is 2. The van der Waals surface area contributed by atoms with Crippen LogP contribution in [0.3, 0.4) is 0 Å². The average Bonchev–Trinajstić information content (AvgIpc) is 3.08. The Morgan fingerprint density at radius 2 is 2.26 bits per heavy atom. The highest BCUT2D eigenvalue weighted by Crippen LogP contribution is 2.20. The van der Waals surface area contributed by atoms with Gasteiger partial charge in [0, 0.05) is 17.6 Å². The summed E-state index contributed by atoms with van der Waals surface area (Å²) in [7, 11) is 0. The van der Waals surface area contributed by atoms with Crippen molar-refractivity contribution in [3.63, 3.8) is 0 Å². The zero-order valence-corrected chi connectivity index (χ0v) is 13.7. The number of hydrogen-bond donors (Lipinski definition) is 2. The fourth-order valence-electron chi connectivity index (χ4n) is 1.86. The Bertz CT molecular complexity index is 681. The molecule has 10 heteroatoms. The van der Waals surface area contributed by atoms with Crippen LogP contribution in [0.5, 0.6) is 0 Å². The SMILES string of the molecule is CC(C)Cc1cnc(NC(=O)NCCn2cc([N+](=O)[O-])cn2)s1. The second kappa shape index (κ2) is 7.68. The summed E-state index contributed by atoms with van der Waals surface area (Å²) in [5, 5.41) is 20.2. The van der Waals surface area contributed by atoms with Gasteiger partial charge in [-0.3, -0.25) is 20.1 Å². The second-order valence-corrected chi connectivity index (χ2v) is 6.44. The highest BCUT2D eigenvalue weighted by molar-refractivity contribution is 7.15. The number of carbonyl (C=O) groups excluding carboxylic acids is 1. The Morgan fingerprint density at radius 1 is 1.48 bits per heavy atom. The maximum Gasteiger partial charge on any atom is 0.321 e. The van der Waals surface area contributed by atoms with Crippen molar-refractivity contribution < 1.29 is 9.72 Å². The number of nitro groups is 1. The van der Waals surface area contributed by atoms with E-state index in [4.69, 9.17) is 0 Å². The van der Waals surface area contributed by atoms with E-state index in [1.165, 1.54) is 28.4 Å². The number of hydrogen-bond acceptors (Lipinski definition) is 6. The summed E-state index contributed by atoms with van der Waals surface area (Å²) in [5.41, 5.74) is -0.0741. The average molecular weight is 338 g/mol. The number of carbonyl (C=O) groups is 1. The van der Waals surface area contributed by atoms with Gasteiger partial charge in [0.15, 0.2) is 5.13 Å². The molecule has 0 aliphatic carbocycles. The molecule has 2 rings (SSSR count). The molecule has 23 heavy (non-hydrogen) atoms. The van der Waals surface area contributed by atoms with Gasteiger partial charge in [0.25, 0.3) is 0 Å². The molecule has 2 amide bonds. The number of urea groups is 1. The molecular weight excluding hydrogens is 320 g/mol. The molecule has 0 unspecified atom stereocenters. The third-order valence-corrected chi connectivity index (χ3v) is 3.78. The lowest BCUT2D eigenvalue weighted by molar-refractivity contribution is -0.385. The number of aromatic nitrogens is 3. The van der Waals surface area contributed by atoms with E-state index in [0.717, 1.165) is 11.3 Å². The topological polar surface area (TPSA) is 115 Å². The lowest BCUT2D eigenvalue weighted by Gasteiger charge is -2.05. The van der Waals surface area contributed by atoms with Gasteiger partial charge in [0.1, 0.15) is 12.4 Å². The fraction of sp³-hybridized carbons (Fsp3) is 0.462. The summed E-state index contributed by atoms with van der Waals surface area (Å²) in [4.78, 5) is 27.1. The molecule has 2 aromatic rings. The van der Waals surface area contributed by atoms with Crippen LogP contribution in [0.4, 0.5) is 15.6 Å². The Kier molecular flexibility index (Phi) is 5.63. The van der Waals surface area contributed by atoms with Gasteiger partial charge in [0.2, 0.25) is 0 Å². The van der Waals surface area contributed by atoms with Crippen LogP contribution >= 0.6 is 11.3 Å². The van der Waals surface area contributed by atoms with Crippen LogP contribution in [0.1, 0.15) is 18.7 Å². The third kappa shape index (κ3) is 5.33. The van der Waals surface area contributed by atoms with Gasteiger partial charge in [-0.25, -0.2) is 9.78 Å². The molecule has 2 N–H and O–H groups in total. The number of amides is 2. The Morgan fingerprint density at radius 3 is 2.91 bits per heavy atom. The lowest BCUT2D eigenvalue weighted by atomic mass is 10.1. The summed E-state index contributed by atoms with van der Waals surface area (Å²) >= 11 is 1.45. The predicted octanol–water partition coefficient (Wildman–Crippen LogP) is 2.27. The van der Waals surface area contributed by atoms with Crippen LogP contribution in [0.15, 0.2) is 18.6 Å². The Balaban J connectivity index is 1.74. The molecule has 0 fully saturated rings. The molecule has 0 radical (unpaired) electrons. The van der Waals surface area contributed by atoms with Gasteiger partial charge in [-0.05, 0) is 12.3 Å². The van der Waals surface area contributed by atoms with Crippen molar-refractivity contribution in [2.45, 2.75) is 26.8 Å². The first-order valence-electron chi connectivity index (χ1n) is 7.10. The molecule has 0 aliphatic rings. The van der Waals surface area contributed by atoms with Gasteiger partial charge in [0.05, 0.1) is 11.5 Å². The van der Waals surface area contributed by atoms with Crippen molar-refractivity contribution >= 4 is 28.2 Å². The second-order valence-electron chi connectivity index (χ2n) is 5.33. The van der Waals surface area contributed by atoms with E-state index in [2.05, 4.69) is 34.6 Å². The van der Waals surface area contributed by atoms with Crippen LogP contribution in [-0.2, 0) is 13.0 Å². The van der Waals surface area contributed by atoms with Crippen molar-refractivity contribution in [1.29, 1.82) is 0 Å². The fourth-order valence-corrected chi connectivity index (χ4v) is 2.88. The maximum atomic E-state index is 11.8. The minimum Gasteiger partial charge on any atom is -0.336 e. The lowest BCUT2D eigenvalue weighted by Crippen LogP contribution is -2.31. The number of thiazole rings is 1. The van der Waals surface area contributed by atoms with E-state index < -0.39 is 4.92 Å². The van der Waals surface area contributed by atoms with E-state index in [9.17, 15) is 14.9 Å². The van der Waals surface area contributed by atoms with Gasteiger partial charge in [-0.1, -0.05) is 13.8 Å². The molecule has 0 aromatic carbocycles. The van der Waals surface area contributed by atoms with Crippen LogP contribution in [0.2, 0.25) is 0 Å². The van der Waals surface area contributed by atoms with Crippen LogP contribution in [0, 0.1) is 16.0 Å². The van der Waals surface area contributed by atoms with Crippen molar-refractivity contribution in [2.24, 2.45) is 5.92 Å². The Labute approximate surface area is 136 Å². The number of nitrogens with zero attached hydrogens (tertiary/aromatic N) is 4. The first-order chi connectivity index (χ1) is 10.9. The van der Waals surface area contributed by atoms with Crippen LogP contribution in [-0.4, -0.2) is 32.3 Å². The Hall–Kier alpha value is -2.49. The molecule has 0 aliphatic heterocycles. The summed E-state index contributed by atoms with van der Waals surface area (Å²) in [5.74, 6) is 0.537. The maximum absolute atomic E-state index is 11.8. The highest BCUT2D eigenvalue weighted by Gasteiger charge is 2.10. The van der Waals surface area contributed by atoms with E-state index in [1.54, 1.807) is 6.20 Å². The molecule has 2 aromatic heterocycles. The minimum absolute atomic E-state index is 0.0741. The molecule has 0 saturated carbocycles. The summed E-state index contributed by atoms with van der Waals surface area (Å²) in [6.45, 7) is 4.89. The van der Waals surface area contributed by atoms with Gasteiger partial charge in [-0.15, -0.1) is 11.3 Å². The zero-order valence-electron chi connectivity index (χ0n) is 12.9. The van der Waals surface area contributed by atoms with Crippen molar-refractivity contribution in [3.05, 3.63) is 33.6 Å². The number of anilines is 1. The van der Waals surface area contributed by atoms with Crippen molar-refractivity contribution in [2.75, 3.05) is 11.9 Å². The van der Waals surface area contributed by atoms with Gasteiger partial charge < -0.3 is 5.32 Å². The largest absolute Gasteiger partial charge is 0.336 e. The first kappa shape index (κ1) is 16.9. The molecule has 0 bridgehead atoms. The summed E-state index contributed by atoms with van der Waals surface area (Å²) in [6, 6.07) is -0.364. The molecule has 124 valence electrons. The minimum atomic E-state index is -0.513. The molecule has 9 nitrogen and oxygen atoms in total. The van der Waals surface area contributed by atoms with Crippen LogP contribution < -0.4 is 10.6 Å². The smallest absolute Gasteiger partial charge is 0.321 e. The van der Waals surface area contributed by atoms with Gasteiger partial charge in [-0.2, -0.15) is 5.10 Å². The monoisotopic (exact) mass is 338 g/mol. The summed E-state index contributed by atoms with van der Waals surface area (Å²) in [6.07, 6.45) is 5.19. The van der Waals surface area contributed by atoms with Crippen molar-refractivity contribution in [3.8, 4) is 0 Å². The molecule has 0 saturated heterocycles. The van der Waals surface area contributed by atoms with E-state index >= 15 is 0 Å². The van der Waals surface area contributed by atoms with E-state index in [1.807, 2.05) is 0 Å².